The number of ether oxygens (including phenoxy) is 2. The van der Waals surface area contributed by atoms with Crippen LogP contribution in [0.3, 0.4) is 0 Å². The van der Waals surface area contributed by atoms with Crippen molar-refractivity contribution in [3.8, 4) is 11.5 Å². The van der Waals surface area contributed by atoms with Gasteiger partial charge in [0.15, 0.2) is 0 Å². The normalized spacial score (nSPS) is 18.2. The molecule has 46 heavy (non-hydrogen) atoms. The first-order valence-corrected chi connectivity index (χ1v) is 15.6. The summed E-state index contributed by atoms with van der Waals surface area (Å²) in [5, 5.41) is 3.36. The molecular formula is C35H39F3N6O2. The van der Waals surface area contributed by atoms with Crippen molar-refractivity contribution >= 4 is 11.6 Å². The van der Waals surface area contributed by atoms with E-state index in [-0.39, 0.29) is 11.6 Å². The first-order chi connectivity index (χ1) is 22.2. The fourth-order valence-electron chi connectivity index (χ4n) is 6.50. The highest BCUT2D eigenvalue weighted by Gasteiger charge is 2.40. The third-order valence-corrected chi connectivity index (χ3v) is 9.01. The number of nitrogens with one attached hydrogen (secondary N) is 1. The summed E-state index contributed by atoms with van der Waals surface area (Å²) in [6.07, 6.45) is -2.04. The van der Waals surface area contributed by atoms with Gasteiger partial charge in [0.25, 0.3) is 0 Å². The maximum Gasteiger partial charge on any atom is 0.418 e. The van der Waals surface area contributed by atoms with E-state index < -0.39 is 17.7 Å². The van der Waals surface area contributed by atoms with Gasteiger partial charge in [0, 0.05) is 56.4 Å². The Morgan fingerprint density at radius 3 is 2.02 bits per heavy atom. The summed E-state index contributed by atoms with van der Waals surface area (Å²) in [6, 6.07) is 18.0. The van der Waals surface area contributed by atoms with Gasteiger partial charge in [0.05, 0.1) is 25.5 Å². The largest absolute Gasteiger partial charge is 0.497 e. The molecule has 8 nitrogen and oxygen atoms in total. The number of rotatable bonds is 9. The Morgan fingerprint density at radius 1 is 0.848 bits per heavy atom. The van der Waals surface area contributed by atoms with Gasteiger partial charge in [-0.2, -0.15) is 13.2 Å². The lowest BCUT2D eigenvalue weighted by molar-refractivity contribution is -0.138. The Balaban J connectivity index is 1.37. The second-order valence-electron chi connectivity index (χ2n) is 12.0. The van der Waals surface area contributed by atoms with Crippen LogP contribution in [0.15, 0.2) is 67.0 Å². The van der Waals surface area contributed by atoms with Crippen LogP contribution in [0, 0.1) is 5.92 Å². The van der Waals surface area contributed by atoms with Gasteiger partial charge in [-0.25, -0.2) is 15.0 Å². The molecule has 1 aliphatic heterocycles. The van der Waals surface area contributed by atoms with Crippen molar-refractivity contribution in [1.29, 1.82) is 0 Å². The second-order valence-corrected chi connectivity index (χ2v) is 12.0. The average molecular weight is 633 g/mol. The van der Waals surface area contributed by atoms with Gasteiger partial charge < -0.3 is 24.6 Å². The van der Waals surface area contributed by atoms with Crippen LogP contribution >= 0.6 is 0 Å². The number of hydrogen-bond donors (Lipinski definition) is 1. The zero-order valence-corrected chi connectivity index (χ0v) is 26.3. The van der Waals surface area contributed by atoms with E-state index in [2.05, 4.69) is 20.2 Å². The zero-order chi connectivity index (χ0) is 32.3. The lowest BCUT2D eigenvalue weighted by atomic mass is 9.75. The predicted molar refractivity (Wildman–Crippen MR) is 172 cm³/mol. The van der Waals surface area contributed by atoms with Gasteiger partial charge in [-0.15, -0.1) is 0 Å². The number of aromatic nitrogens is 3. The molecule has 11 heteroatoms. The van der Waals surface area contributed by atoms with Crippen LogP contribution in [0.25, 0.3) is 0 Å². The molecule has 2 atom stereocenters. The number of hydrogen-bond acceptors (Lipinski definition) is 8. The minimum absolute atomic E-state index is 0.0694. The maximum atomic E-state index is 14.6. The van der Waals surface area contributed by atoms with Crippen molar-refractivity contribution < 1.29 is 22.6 Å². The summed E-state index contributed by atoms with van der Waals surface area (Å²) in [7, 11) is 3.22. The smallest absolute Gasteiger partial charge is 0.418 e. The van der Waals surface area contributed by atoms with Gasteiger partial charge in [-0.3, -0.25) is 0 Å². The molecule has 2 aromatic carbocycles. The molecule has 0 bridgehead atoms. The van der Waals surface area contributed by atoms with Crippen molar-refractivity contribution in [2.45, 2.75) is 44.9 Å². The molecule has 2 aliphatic rings. The molecule has 0 saturated carbocycles. The molecule has 1 fully saturated rings. The molecule has 1 N–H and O–H groups in total. The van der Waals surface area contributed by atoms with Crippen molar-refractivity contribution in [3.63, 3.8) is 0 Å². The summed E-state index contributed by atoms with van der Waals surface area (Å²) >= 11 is 0. The summed E-state index contributed by atoms with van der Waals surface area (Å²) in [4.78, 5) is 18.3. The number of pyridine rings is 1. The van der Waals surface area contributed by atoms with Crippen molar-refractivity contribution in [2.75, 3.05) is 50.2 Å². The average Bonchev–Trinajstić information content (AvgIpc) is 3.08. The zero-order valence-electron chi connectivity index (χ0n) is 26.3. The highest BCUT2D eigenvalue weighted by molar-refractivity contribution is 5.52. The van der Waals surface area contributed by atoms with E-state index in [1.807, 2.05) is 60.4 Å². The highest BCUT2D eigenvalue weighted by atomic mass is 19.4. The van der Waals surface area contributed by atoms with E-state index in [0.717, 1.165) is 65.9 Å². The number of piperazine rings is 1. The highest BCUT2D eigenvalue weighted by Crippen LogP contribution is 2.43. The molecule has 0 amide bonds. The first kappa shape index (κ1) is 31.6. The molecular weight excluding hydrogens is 593 g/mol. The molecule has 6 rings (SSSR count). The monoisotopic (exact) mass is 632 g/mol. The third kappa shape index (κ3) is 6.89. The minimum Gasteiger partial charge on any atom is -0.497 e. The van der Waals surface area contributed by atoms with E-state index >= 15 is 0 Å². The number of alkyl halides is 3. The standard InChI is InChI=1S/C35H39F3N6O2/c1-23-18-29-31(40-22-41-34(29)43-16-14-39-15-17-43)19-28(23)33-30(35(36,37)38)12-13-32(42-33)44(20-24-4-8-26(45-2)9-5-24)21-25-6-10-27(46-3)11-7-25/h4-13,22-23,28,39H,14-21H2,1-3H3. The molecule has 1 saturated heterocycles. The minimum atomic E-state index is -4.55. The Kier molecular flexibility index (Phi) is 9.30. The number of anilines is 2. The fraction of sp³-hybridized carbons (Fsp3) is 0.400. The summed E-state index contributed by atoms with van der Waals surface area (Å²) in [5.41, 5.74) is 3.19. The van der Waals surface area contributed by atoms with Gasteiger partial charge in [-0.05, 0) is 66.3 Å². The van der Waals surface area contributed by atoms with Gasteiger partial charge >= 0.3 is 6.18 Å². The summed E-state index contributed by atoms with van der Waals surface area (Å²) < 4.78 is 54.4. The molecule has 4 aromatic rings. The van der Waals surface area contributed by atoms with Crippen molar-refractivity contribution in [2.24, 2.45) is 5.92 Å². The van der Waals surface area contributed by atoms with E-state index in [1.165, 1.54) is 12.1 Å². The molecule has 242 valence electrons. The second kappa shape index (κ2) is 13.5. The molecule has 2 aromatic heterocycles. The van der Waals surface area contributed by atoms with Crippen LogP contribution in [0.2, 0.25) is 0 Å². The third-order valence-electron chi connectivity index (χ3n) is 9.01. The number of fused-ring (bicyclic) bond motifs is 1. The van der Waals surface area contributed by atoms with E-state index in [9.17, 15) is 13.2 Å². The van der Waals surface area contributed by atoms with Crippen molar-refractivity contribution in [3.05, 3.63) is 101 Å². The SMILES string of the molecule is COc1ccc(CN(Cc2ccc(OC)cc2)c2ccc(C(F)(F)F)c(C3Cc4ncnc(N5CCNCC5)c4CC3C)n2)cc1. The quantitative estimate of drug-likeness (QED) is 0.239. The van der Waals surface area contributed by atoms with Crippen molar-refractivity contribution in [1.82, 2.24) is 20.3 Å². The van der Waals surface area contributed by atoms with Crippen LogP contribution in [0.4, 0.5) is 24.8 Å². The molecule has 2 unspecified atom stereocenters. The fourth-order valence-corrected chi connectivity index (χ4v) is 6.50. The van der Waals surface area contributed by atoms with Gasteiger partial charge in [-0.1, -0.05) is 31.2 Å². The lowest BCUT2D eigenvalue weighted by Gasteiger charge is -2.36. The molecule has 0 radical (unpaired) electrons. The Labute approximate surface area is 267 Å². The van der Waals surface area contributed by atoms with Crippen LogP contribution in [0.5, 0.6) is 11.5 Å². The summed E-state index contributed by atoms with van der Waals surface area (Å²) in [6.45, 7) is 6.31. The van der Waals surface area contributed by atoms with Crippen LogP contribution in [-0.2, 0) is 32.1 Å². The topological polar surface area (TPSA) is 75.6 Å². The predicted octanol–water partition coefficient (Wildman–Crippen LogP) is 6.04. The van der Waals surface area contributed by atoms with Crippen LogP contribution < -0.4 is 24.6 Å². The van der Waals surface area contributed by atoms with E-state index in [1.54, 1.807) is 20.5 Å². The van der Waals surface area contributed by atoms with E-state index in [4.69, 9.17) is 14.5 Å². The number of benzene rings is 2. The molecule has 3 heterocycles. The lowest BCUT2D eigenvalue weighted by Crippen LogP contribution is -2.44. The van der Waals surface area contributed by atoms with Crippen LogP contribution in [-0.4, -0.2) is 55.4 Å². The number of halogens is 3. The Bertz CT molecular complexity index is 1580. The summed E-state index contributed by atoms with van der Waals surface area (Å²) in [5.74, 6) is 2.29. The van der Waals surface area contributed by atoms with Gasteiger partial charge in [0.2, 0.25) is 0 Å². The Morgan fingerprint density at radius 2 is 1.46 bits per heavy atom. The number of methoxy groups -OCH3 is 2. The molecule has 0 spiro atoms. The molecule has 1 aliphatic carbocycles. The van der Waals surface area contributed by atoms with Gasteiger partial charge in [0.1, 0.15) is 29.5 Å². The maximum absolute atomic E-state index is 14.6. The van der Waals surface area contributed by atoms with E-state index in [0.29, 0.717) is 31.7 Å². The first-order valence-electron chi connectivity index (χ1n) is 15.6. The number of nitrogens with zero attached hydrogens (tertiary/aromatic N) is 5. The van der Waals surface area contributed by atoms with Crippen LogP contribution in [0.1, 0.15) is 46.5 Å². The Hall–Kier alpha value is -4.38.